The highest BCUT2D eigenvalue weighted by molar-refractivity contribution is 5.94. The number of aromatic nitrogens is 3. The molecule has 1 atom stereocenters. The minimum absolute atomic E-state index is 0.0513. The van der Waals surface area contributed by atoms with Gasteiger partial charge in [-0.25, -0.2) is 9.37 Å². The minimum Gasteiger partial charge on any atom is -0.481 e. The van der Waals surface area contributed by atoms with Crippen molar-refractivity contribution < 1.29 is 37.0 Å². The van der Waals surface area contributed by atoms with E-state index in [-0.39, 0.29) is 47.7 Å². The number of hydrogen-bond donors (Lipinski definition) is 3. The molecule has 5 rings (SSSR count). The van der Waals surface area contributed by atoms with Crippen LogP contribution in [0.3, 0.4) is 0 Å². The highest BCUT2D eigenvalue weighted by Gasteiger charge is 2.56. The average Bonchev–Trinajstić information content (AvgIpc) is 3.46. The summed E-state index contributed by atoms with van der Waals surface area (Å²) in [5, 5.41) is 19.5. The number of ether oxygens (including phenoxy) is 1. The van der Waals surface area contributed by atoms with Crippen molar-refractivity contribution in [3.05, 3.63) is 29.8 Å². The summed E-state index contributed by atoms with van der Waals surface area (Å²) >= 11 is 0. The number of aromatic amines is 1. The average molecular weight is 540 g/mol. The first kappa shape index (κ1) is 26.4. The lowest BCUT2D eigenvalue weighted by molar-refractivity contribution is -0.270. The van der Waals surface area contributed by atoms with Crippen LogP contribution in [0.25, 0.3) is 11.3 Å². The lowest BCUT2D eigenvalue weighted by Crippen LogP contribution is -2.54. The van der Waals surface area contributed by atoms with Crippen molar-refractivity contribution in [2.75, 3.05) is 13.7 Å². The number of alkyl halides is 3. The van der Waals surface area contributed by atoms with Crippen LogP contribution < -0.4 is 10.1 Å². The number of nitrogens with one attached hydrogen (secondary N) is 2. The van der Waals surface area contributed by atoms with Crippen LogP contribution in [0.4, 0.5) is 17.6 Å². The van der Waals surface area contributed by atoms with E-state index in [0.717, 1.165) is 19.0 Å². The zero-order valence-corrected chi connectivity index (χ0v) is 20.8. The van der Waals surface area contributed by atoms with Gasteiger partial charge in [-0.15, -0.1) is 0 Å². The van der Waals surface area contributed by atoms with E-state index in [0.29, 0.717) is 25.1 Å². The zero-order chi connectivity index (χ0) is 27.3. The third kappa shape index (κ3) is 4.83. The number of halogens is 4. The fourth-order valence-electron chi connectivity index (χ4n) is 5.64. The fraction of sp³-hybridized carbons (Fsp3) is 0.600. The first-order valence-corrected chi connectivity index (χ1v) is 12.6. The predicted molar refractivity (Wildman–Crippen MR) is 125 cm³/mol. The van der Waals surface area contributed by atoms with Gasteiger partial charge in [-0.3, -0.25) is 14.7 Å². The van der Waals surface area contributed by atoms with Crippen molar-refractivity contribution in [1.82, 2.24) is 25.4 Å². The Bertz CT molecular complexity index is 1220. The molecular weight excluding hydrogens is 510 g/mol. The smallest absolute Gasteiger partial charge is 0.417 e. The lowest BCUT2D eigenvalue weighted by Gasteiger charge is -2.41. The molecule has 206 valence electrons. The monoisotopic (exact) mass is 539 g/mol. The van der Waals surface area contributed by atoms with Crippen LogP contribution in [0.2, 0.25) is 0 Å². The maximum Gasteiger partial charge on any atom is 0.417 e. The number of aliphatic hydroxyl groups is 1. The van der Waals surface area contributed by atoms with Gasteiger partial charge in [-0.05, 0) is 57.4 Å². The largest absolute Gasteiger partial charge is 0.481 e. The van der Waals surface area contributed by atoms with Gasteiger partial charge in [0.15, 0.2) is 17.1 Å². The van der Waals surface area contributed by atoms with E-state index < -0.39 is 42.0 Å². The molecule has 2 aromatic heterocycles. The Labute approximate surface area is 215 Å². The third-order valence-corrected chi connectivity index (χ3v) is 8.16. The number of methoxy groups -OCH3 is 1. The van der Waals surface area contributed by atoms with Crippen LogP contribution in [0.5, 0.6) is 5.88 Å². The number of hydrogen-bond acceptors (Lipinski definition) is 6. The van der Waals surface area contributed by atoms with Gasteiger partial charge < -0.3 is 20.1 Å². The van der Waals surface area contributed by atoms with Crippen molar-refractivity contribution in [2.45, 2.75) is 74.7 Å². The molecule has 1 aliphatic heterocycles. The SMILES string of the molecule is COc1cc(-c2cc(C(=O)N3CCC(C(=O)N[C@H]4CC[C@@](O)(C(F)(F)F)CC4)CC34CC4)n[nH]2)c(F)cn1. The van der Waals surface area contributed by atoms with Crippen LogP contribution in [0.15, 0.2) is 18.3 Å². The summed E-state index contributed by atoms with van der Waals surface area (Å²) in [7, 11) is 1.41. The molecule has 1 spiro atoms. The number of likely N-dealkylation sites (tertiary alicyclic amines) is 1. The number of carbonyl (C=O) groups excluding carboxylic acids is 2. The minimum atomic E-state index is -4.69. The van der Waals surface area contributed by atoms with Gasteiger partial charge in [0.25, 0.3) is 5.91 Å². The maximum atomic E-state index is 14.3. The molecule has 0 aromatic carbocycles. The second-order valence-corrected chi connectivity index (χ2v) is 10.6. The molecule has 2 aliphatic carbocycles. The van der Waals surface area contributed by atoms with Gasteiger partial charge in [-0.1, -0.05) is 0 Å². The maximum absolute atomic E-state index is 14.3. The van der Waals surface area contributed by atoms with Crippen molar-refractivity contribution in [1.29, 1.82) is 0 Å². The predicted octanol–water partition coefficient (Wildman–Crippen LogP) is 3.36. The molecular formula is C25H29F4N5O4. The molecule has 1 saturated heterocycles. The van der Waals surface area contributed by atoms with E-state index in [4.69, 9.17) is 4.74 Å². The number of carbonyl (C=O) groups is 2. The van der Waals surface area contributed by atoms with Gasteiger partial charge in [0.1, 0.15) is 0 Å². The second-order valence-electron chi connectivity index (χ2n) is 10.6. The summed E-state index contributed by atoms with van der Waals surface area (Å²) in [5.41, 5.74) is -2.57. The van der Waals surface area contributed by atoms with E-state index in [1.54, 1.807) is 4.90 Å². The number of piperidine rings is 1. The number of rotatable bonds is 5. The van der Waals surface area contributed by atoms with Crippen molar-refractivity contribution in [2.24, 2.45) is 5.92 Å². The van der Waals surface area contributed by atoms with Crippen LogP contribution in [-0.4, -0.2) is 74.0 Å². The molecule has 0 radical (unpaired) electrons. The quantitative estimate of drug-likeness (QED) is 0.502. The van der Waals surface area contributed by atoms with Crippen LogP contribution in [-0.2, 0) is 4.79 Å². The summed E-state index contributed by atoms with van der Waals surface area (Å²) in [6, 6.07) is 2.45. The number of amides is 2. The summed E-state index contributed by atoms with van der Waals surface area (Å²) in [4.78, 5) is 31.8. The standard InChI is InChI=1S/C25H29F4N5O4/c1-38-20-10-16(17(26)13-30-20)18-11-19(33-32-18)22(36)34-9-4-14(12-23(34)7-8-23)21(35)31-15-2-5-24(37,6-3-15)25(27,28)29/h10-11,13-15,37H,2-9,12H2,1H3,(H,31,35)(H,32,33)/t14?,15-,24-. The highest BCUT2D eigenvalue weighted by Crippen LogP contribution is 2.50. The van der Waals surface area contributed by atoms with Crippen LogP contribution in [0, 0.1) is 11.7 Å². The van der Waals surface area contributed by atoms with Gasteiger partial charge >= 0.3 is 6.18 Å². The summed E-state index contributed by atoms with van der Waals surface area (Å²) < 4.78 is 58.5. The molecule has 3 heterocycles. The van der Waals surface area contributed by atoms with Crippen molar-refractivity contribution in [3.8, 4) is 17.1 Å². The van der Waals surface area contributed by atoms with Crippen molar-refractivity contribution in [3.63, 3.8) is 0 Å². The normalized spacial score (nSPS) is 26.7. The third-order valence-electron chi connectivity index (χ3n) is 8.16. The lowest BCUT2D eigenvalue weighted by atomic mass is 9.81. The Morgan fingerprint density at radius 1 is 1.18 bits per heavy atom. The van der Waals surface area contributed by atoms with E-state index in [9.17, 15) is 32.3 Å². The molecule has 3 fully saturated rings. The molecule has 3 N–H and O–H groups in total. The van der Waals surface area contributed by atoms with Crippen LogP contribution >= 0.6 is 0 Å². The molecule has 0 bridgehead atoms. The van der Waals surface area contributed by atoms with Gasteiger partial charge in [0.05, 0.1) is 19.0 Å². The molecule has 13 heteroatoms. The van der Waals surface area contributed by atoms with Crippen molar-refractivity contribution >= 4 is 11.8 Å². The highest BCUT2D eigenvalue weighted by atomic mass is 19.4. The fourth-order valence-corrected chi connectivity index (χ4v) is 5.64. The molecule has 38 heavy (non-hydrogen) atoms. The number of nitrogens with zero attached hydrogens (tertiary/aromatic N) is 3. The first-order valence-electron chi connectivity index (χ1n) is 12.6. The Morgan fingerprint density at radius 2 is 1.89 bits per heavy atom. The molecule has 1 unspecified atom stereocenters. The Balaban J connectivity index is 1.20. The van der Waals surface area contributed by atoms with Gasteiger partial charge in [0, 0.05) is 35.7 Å². The number of pyridine rings is 1. The first-order chi connectivity index (χ1) is 17.9. The Hall–Kier alpha value is -3.22. The molecule has 2 saturated carbocycles. The molecule has 3 aliphatic rings. The van der Waals surface area contributed by atoms with E-state index in [1.165, 1.54) is 19.2 Å². The number of H-pyrrole nitrogens is 1. The summed E-state index contributed by atoms with van der Waals surface area (Å²) in [6.07, 6.45) is -2.12. The summed E-state index contributed by atoms with van der Waals surface area (Å²) in [6.45, 7) is 0.328. The Kier molecular flexibility index (Phi) is 6.60. The van der Waals surface area contributed by atoms with E-state index in [2.05, 4.69) is 20.5 Å². The molecule has 2 aromatic rings. The van der Waals surface area contributed by atoms with Gasteiger partial charge in [0.2, 0.25) is 11.8 Å². The van der Waals surface area contributed by atoms with E-state index >= 15 is 0 Å². The Morgan fingerprint density at radius 3 is 2.53 bits per heavy atom. The molecule has 2 amide bonds. The van der Waals surface area contributed by atoms with E-state index in [1.807, 2.05) is 0 Å². The topological polar surface area (TPSA) is 120 Å². The second kappa shape index (κ2) is 9.51. The van der Waals surface area contributed by atoms with Crippen LogP contribution in [0.1, 0.15) is 61.9 Å². The van der Waals surface area contributed by atoms with Gasteiger partial charge in [-0.2, -0.15) is 18.3 Å². The molecule has 9 nitrogen and oxygen atoms in total. The zero-order valence-electron chi connectivity index (χ0n) is 20.8. The summed E-state index contributed by atoms with van der Waals surface area (Å²) in [5.74, 6) is -1.29.